The Bertz CT molecular complexity index is 1090. The van der Waals surface area contributed by atoms with E-state index in [0.717, 1.165) is 11.3 Å². The van der Waals surface area contributed by atoms with Gasteiger partial charge in [0.05, 0.1) is 28.9 Å². The van der Waals surface area contributed by atoms with E-state index in [4.69, 9.17) is 4.74 Å². The summed E-state index contributed by atoms with van der Waals surface area (Å²) >= 11 is 0. The van der Waals surface area contributed by atoms with Crippen LogP contribution in [0, 0.1) is 0 Å². The van der Waals surface area contributed by atoms with E-state index in [1.807, 2.05) is 6.92 Å². The molecule has 0 aromatic heterocycles. The molecule has 1 atom stereocenters. The maximum Gasteiger partial charge on any atom is 0.329 e. The van der Waals surface area contributed by atoms with Gasteiger partial charge in [0.25, 0.3) is 23.6 Å². The van der Waals surface area contributed by atoms with E-state index >= 15 is 0 Å². The molecule has 4 rings (SSSR count). The number of carbonyl (C=O) groups excluding carboxylic acids is 5. The molecule has 0 saturated heterocycles. The molecule has 0 fully saturated rings. The van der Waals surface area contributed by atoms with Crippen LogP contribution in [0.4, 0.5) is 0 Å². The highest BCUT2D eigenvalue weighted by molar-refractivity contribution is 6.23. The van der Waals surface area contributed by atoms with Crippen LogP contribution in [0.5, 0.6) is 0 Å². The van der Waals surface area contributed by atoms with Crippen LogP contribution in [0.3, 0.4) is 0 Å². The molecule has 0 aliphatic carbocycles. The summed E-state index contributed by atoms with van der Waals surface area (Å²) in [7, 11) is 0. The van der Waals surface area contributed by atoms with Gasteiger partial charge in [-0.25, -0.2) is 4.79 Å². The first-order chi connectivity index (χ1) is 16.5. The van der Waals surface area contributed by atoms with E-state index in [1.54, 1.807) is 48.5 Å². The molecule has 0 saturated carbocycles. The van der Waals surface area contributed by atoms with Gasteiger partial charge in [0.2, 0.25) is 0 Å². The molecular weight excluding hydrogens is 436 g/mol. The highest BCUT2D eigenvalue weighted by atomic mass is 16.5. The molecule has 0 bridgehead atoms. The highest BCUT2D eigenvalue weighted by Crippen LogP contribution is 2.28. The Morgan fingerprint density at radius 1 is 0.765 bits per heavy atom. The summed E-state index contributed by atoms with van der Waals surface area (Å²) in [5.74, 6) is -2.33. The summed E-state index contributed by atoms with van der Waals surface area (Å²) in [6, 6.07) is 12.1. The average molecular weight is 463 g/mol. The van der Waals surface area contributed by atoms with Crippen LogP contribution in [0.15, 0.2) is 48.5 Å². The second-order valence-electron chi connectivity index (χ2n) is 8.37. The monoisotopic (exact) mass is 462 g/mol. The van der Waals surface area contributed by atoms with Crippen LogP contribution < -0.4 is 0 Å². The zero-order valence-electron chi connectivity index (χ0n) is 19.0. The highest BCUT2D eigenvalue weighted by Gasteiger charge is 2.43. The summed E-state index contributed by atoms with van der Waals surface area (Å²) in [5, 5.41) is 0. The van der Waals surface area contributed by atoms with Crippen molar-refractivity contribution in [3.63, 3.8) is 0 Å². The van der Waals surface area contributed by atoms with Crippen molar-refractivity contribution in [2.24, 2.45) is 0 Å². The molecule has 2 aliphatic heterocycles. The Hall–Kier alpha value is -3.81. The van der Waals surface area contributed by atoms with Gasteiger partial charge in [-0.2, -0.15) is 0 Å². The molecule has 34 heavy (non-hydrogen) atoms. The van der Waals surface area contributed by atoms with E-state index < -0.39 is 23.8 Å². The fourth-order valence-electron chi connectivity index (χ4n) is 4.31. The number of hydrogen-bond acceptors (Lipinski definition) is 6. The minimum absolute atomic E-state index is 0.180. The lowest BCUT2D eigenvalue weighted by Gasteiger charge is -2.25. The minimum atomic E-state index is -1.06. The van der Waals surface area contributed by atoms with Gasteiger partial charge >= 0.3 is 5.97 Å². The van der Waals surface area contributed by atoms with Gasteiger partial charge in [-0.1, -0.05) is 37.6 Å². The smallest absolute Gasteiger partial charge is 0.329 e. The van der Waals surface area contributed by atoms with Crippen LogP contribution in [-0.4, -0.2) is 58.6 Å². The Morgan fingerprint density at radius 2 is 1.26 bits per heavy atom. The Labute approximate surface area is 197 Å². The Balaban J connectivity index is 1.42. The van der Waals surface area contributed by atoms with E-state index in [9.17, 15) is 24.0 Å². The number of rotatable bonds is 10. The number of hydrogen-bond donors (Lipinski definition) is 0. The molecule has 0 N–H and O–H groups in total. The summed E-state index contributed by atoms with van der Waals surface area (Å²) in [5.41, 5.74) is 1.31. The largest absolute Gasteiger partial charge is 0.464 e. The van der Waals surface area contributed by atoms with E-state index in [2.05, 4.69) is 0 Å². The van der Waals surface area contributed by atoms with Crippen molar-refractivity contribution in [1.29, 1.82) is 0 Å². The molecule has 4 amide bonds. The predicted molar refractivity (Wildman–Crippen MR) is 122 cm³/mol. The standard InChI is InChI=1S/C26H26N2O6/c1-2-3-16-34-26(33)21(28-24(31)19-12-6-7-13-20(19)25(28)32)14-8-9-15-27-22(29)17-10-4-5-11-18(17)23(27)30/h4-7,10-13,21H,2-3,8-9,14-16H2,1H3/t21-/m0/s1. The van der Waals surface area contributed by atoms with E-state index in [-0.39, 0.29) is 42.5 Å². The molecule has 176 valence electrons. The lowest BCUT2D eigenvalue weighted by Crippen LogP contribution is -2.45. The maximum atomic E-state index is 12.9. The molecule has 2 heterocycles. The third-order valence-electron chi connectivity index (χ3n) is 6.14. The second-order valence-corrected chi connectivity index (χ2v) is 8.37. The molecule has 2 aromatic rings. The number of amides is 4. The van der Waals surface area contributed by atoms with E-state index in [0.29, 0.717) is 30.4 Å². The SMILES string of the molecule is CCCCOC(=O)[C@H](CCCCN1C(=O)c2ccccc2C1=O)N1C(=O)c2ccccc2C1=O. The minimum Gasteiger partial charge on any atom is -0.464 e. The van der Waals surface area contributed by atoms with Crippen molar-refractivity contribution in [2.45, 2.75) is 45.1 Å². The normalized spacial score (nSPS) is 15.6. The summed E-state index contributed by atoms with van der Waals surface area (Å²) in [6.45, 7) is 2.37. The maximum absolute atomic E-state index is 12.9. The lowest BCUT2D eigenvalue weighted by atomic mass is 10.1. The van der Waals surface area contributed by atoms with Crippen LogP contribution in [0.25, 0.3) is 0 Å². The number of ether oxygens (including phenoxy) is 1. The van der Waals surface area contributed by atoms with Crippen molar-refractivity contribution < 1.29 is 28.7 Å². The van der Waals surface area contributed by atoms with Gasteiger partial charge < -0.3 is 4.74 Å². The van der Waals surface area contributed by atoms with Gasteiger partial charge in [-0.05, 0) is 49.9 Å². The molecule has 8 heteroatoms. The number of fused-ring (bicyclic) bond motifs is 2. The topological polar surface area (TPSA) is 101 Å². The van der Waals surface area contributed by atoms with Gasteiger partial charge in [0, 0.05) is 6.54 Å². The first kappa shape index (κ1) is 23.4. The summed E-state index contributed by atoms with van der Waals surface area (Å²) < 4.78 is 5.36. The third kappa shape index (κ3) is 4.23. The van der Waals surface area contributed by atoms with Crippen molar-refractivity contribution in [3.8, 4) is 0 Å². The Kier molecular flexibility index (Phi) is 6.86. The van der Waals surface area contributed by atoms with Crippen molar-refractivity contribution in [1.82, 2.24) is 9.80 Å². The van der Waals surface area contributed by atoms with Crippen molar-refractivity contribution in [2.75, 3.05) is 13.2 Å². The van der Waals surface area contributed by atoms with Crippen molar-refractivity contribution in [3.05, 3.63) is 70.8 Å². The van der Waals surface area contributed by atoms with Gasteiger partial charge in [-0.3, -0.25) is 29.0 Å². The number of esters is 1. The molecule has 2 aliphatic rings. The predicted octanol–water partition coefficient (Wildman–Crippen LogP) is 3.46. The number of imide groups is 2. The number of nitrogens with zero attached hydrogens (tertiary/aromatic N) is 2. The van der Waals surface area contributed by atoms with Crippen LogP contribution in [-0.2, 0) is 9.53 Å². The number of unbranched alkanes of at least 4 members (excludes halogenated alkanes) is 2. The first-order valence-electron chi connectivity index (χ1n) is 11.5. The fourth-order valence-corrected chi connectivity index (χ4v) is 4.31. The van der Waals surface area contributed by atoms with E-state index in [1.165, 1.54) is 4.90 Å². The van der Waals surface area contributed by atoms with Gasteiger partial charge in [0.15, 0.2) is 0 Å². The zero-order chi connectivity index (χ0) is 24.2. The second kappa shape index (κ2) is 9.99. The van der Waals surface area contributed by atoms with Gasteiger partial charge in [0.1, 0.15) is 6.04 Å². The molecule has 0 radical (unpaired) electrons. The molecule has 2 aromatic carbocycles. The summed E-state index contributed by atoms with van der Waals surface area (Å²) in [4.78, 5) is 66.0. The zero-order valence-corrected chi connectivity index (χ0v) is 19.0. The number of benzene rings is 2. The summed E-state index contributed by atoms with van der Waals surface area (Å²) in [6.07, 6.45) is 2.53. The van der Waals surface area contributed by atoms with Crippen molar-refractivity contribution >= 4 is 29.6 Å². The molecule has 0 unspecified atom stereocenters. The molecule has 8 nitrogen and oxygen atoms in total. The Morgan fingerprint density at radius 3 is 1.76 bits per heavy atom. The van der Waals surface area contributed by atoms with Crippen LogP contribution >= 0.6 is 0 Å². The molecular formula is C26H26N2O6. The lowest BCUT2D eigenvalue weighted by molar-refractivity contribution is -0.148. The third-order valence-corrected chi connectivity index (χ3v) is 6.14. The fraction of sp³-hybridized carbons (Fsp3) is 0.346. The van der Waals surface area contributed by atoms with Crippen LogP contribution in [0.2, 0.25) is 0 Å². The molecule has 0 spiro atoms. The quantitative estimate of drug-likeness (QED) is 0.305. The number of carbonyl (C=O) groups is 5. The van der Waals surface area contributed by atoms with Crippen LogP contribution in [0.1, 0.15) is 80.5 Å². The van der Waals surface area contributed by atoms with Gasteiger partial charge in [-0.15, -0.1) is 0 Å². The average Bonchev–Trinajstić information content (AvgIpc) is 3.24. The first-order valence-corrected chi connectivity index (χ1v) is 11.5.